The molecule has 0 amide bonds. The van der Waals surface area contributed by atoms with Gasteiger partial charge in [-0.1, -0.05) is 24.3 Å². The summed E-state index contributed by atoms with van der Waals surface area (Å²) in [4.78, 5) is 0. The standard InChI is InChI=1S/C14H15NO2/c1-17-14-7-6-10(9-15)8-12(14)11-4-2-3-5-13(11)16/h2-8,16H,9,15H2,1H3. The second kappa shape index (κ2) is 4.89. The molecule has 0 unspecified atom stereocenters. The monoisotopic (exact) mass is 229 g/mol. The van der Waals surface area contributed by atoms with Crippen molar-refractivity contribution in [1.82, 2.24) is 0 Å². The fraction of sp³-hybridized carbons (Fsp3) is 0.143. The van der Waals surface area contributed by atoms with Crippen LogP contribution in [0.5, 0.6) is 11.5 Å². The summed E-state index contributed by atoms with van der Waals surface area (Å²) in [6, 6.07) is 12.9. The van der Waals surface area contributed by atoms with E-state index >= 15 is 0 Å². The van der Waals surface area contributed by atoms with Crippen molar-refractivity contribution < 1.29 is 9.84 Å². The molecule has 0 radical (unpaired) electrons. The zero-order valence-corrected chi connectivity index (χ0v) is 9.68. The number of phenolic OH excluding ortho intramolecular Hbond substituents is 1. The molecule has 0 aliphatic rings. The SMILES string of the molecule is COc1ccc(CN)cc1-c1ccccc1O. The number of phenols is 1. The second-order valence-corrected chi connectivity index (χ2v) is 3.76. The lowest BCUT2D eigenvalue weighted by atomic mass is 10.0. The molecule has 3 nitrogen and oxygen atoms in total. The van der Waals surface area contributed by atoms with E-state index in [4.69, 9.17) is 10.5 Å². The maximum absolute atomic E-state index is 9.86. The third-order valence-electron chi connectivity index (χ3n) is 2.69. The van der Waals surface area contributed by atoms with Crippen molar-refractivity contribution in [2.75, 3.05) is 7.11 Å². The Kier molecular flexibility index (Phi) is 3.30. The van der Waals surface area contributed by atoms with Gasteiger partial charge in [0, 0.05) is 17.7 Å². The van der Waals surface area contributed by atoms with Gasteiger partial charge in [0.25, 0.3) is 0 Å². The zero-order chi connectivity index (χ0) is 12.3. The first-order chi connectivity index (χ1) is 8.26. The summed E-state index contributed by atoms with van der Waals surface area (Å²) in [7, 11) is 1.61. The lowest BCUT2D eigenvalue weighted by molar-refractivity contribution is 0.415. The van der Waals surface area contributed by atoms with Crippen molar-refractivity contribution in [1.29, 1.82) is 0 Å². The van der Waals surface area contributed by atoms with Crippen molar-refractivity contribution in [3.63, 3.8) is 0 Å². The van der Waals surface area contributed by atoms with Crippen molar-refractivity contribution >= 4 is 0 Å². The van der Waals surface area contributed by atoms with E-state index in [1.165, 1.54) is 0 Å². The molecule has 2 aromatic rings. The summed E-state index contributed by atoms with van der Waals surface area (Å²) < 4.78 is 5.30. The Hall–Kier alpha value is -2.00. The smallest absolute Gasteiger partial charge is 0.126 e. The van der Waals surface area contributed by atoms with Crippen LogP contribution in [0.4, 0.5) is 0 Å². The fourth-order valence-electron chi connectivity index (χ4n) is 1.79. The Morgan fingerprint density at radius 3 is 2.53 bits per heavy atom. The molecular formula is C14H15NO2. The van der Waals surface area contributed by atoms with Crippen LogP contribution in [0.1, 0.15) is 5.56 Å². The van der Waals surface area contributed by atoms with E-state index in [1.807, 2.05) is 30.3 Å². The van der Waals surface area contributed by atoms with E-state index in [1.54, 1.807) is 19.2 Å². The molecule has 0 heterocycles. The molecule has 0 bridgehead atoms. The number of nitrogens with two attached hydrogens (primary N) is 1. The third kappa shape index (κ3) is 2.24. The van der Waals surface area contributed by atoms with Gasteiger partial charge in [0.15, 0.2) is 0 Å². The minimum Gasteiger partial charge on any atom is -0.507 e. The van der Waals surface area contributed by atoms with Gasteiger partial charge in [-0.3, -0.25) is 0 Å². The highest BCUT2D eigenvalue weighted by Crippen LogP contribution is 2.36. The molecular weight excluding hydrogens is 214 g/mol. The molecule has 17 heavy (non-hydrogen) atoms. The van der Waals surface area contributed by atoms with E-state index in [0.29, 0.717) is 6.54 Å². The summed E-state index contributed by atoms with van der Waals surface area (Å²) in [6.45, 7) is 0.463. The van der Waals surface area contributed by atoms with Crippen LogP contribution in [-0.4, -0.2) is 12.2 Å². The topological polar surface area (TPSA) is 55.5 Å². The molecule has 0 saturated carbocycles. The number of hydrogen-bond acceptors (Lipinski definition) is 3. The molecule has 0 aliphatic carbocycles. The first-order valence-electron chi connectivity index (χ1n) is 5.41. The number of ether oxygens (including phenoxy) is 1. The summed E-state index contributed by atoms with van der Waals surface area (Å²) >= 11 is 0. The van der Waals surface area contributed by atoms with Gasteiger partial charge in [0.1, 0.15) is 11.5 Å². The van der Waals surface area contributed by atoms with Crippen molar-refractivity contribution in [2.45, 2.75) is 6.54 Å². The average molecular weight is 229 g/mol. The summed E-state index contributed by atoms with van der Waals surface area (Å²) in [5, 5.41) is 9.86. The predicted molar refractivity (Wildman–Crippen MR) is 68.0 cm³/mol. The summed E-state index contributed by atoms with van der Waals surface area (Å²) in [5.74, 6) is 0.962. The second-order valence-electron chi connectivity index (χ2n) is 3.76. The Morgan fingerprint density at radius 2 is 1.88 bits per heavy atom. The minimum atomic E-state index is 0.236. The molecule has 0 saturated heterocycles. The maximum atomic E-state index is 9.86. The Morgan fingerprint density at radius 1 is 1.12 bits per heavy atom. The molecule has 0 aromatic heterocycles. The van der Waals surface area contributed by atoms with E-state index in [9.17, 15) is 5.11 Å². The first kappa shape index (κ1) is 11.5. The number of rotatable bonds is 3. The van der Waals surface area contributed by atoms with Gasteiger partial charge in [-0.15, -0.1) is 0 Å². The van der Waals surface area contributed by atoms with Crippen LogP contribution in [-0.2, 0) is 6.54 Å². The lowest BCUT2D eigenvalue weighted by Gasteiger charge is -2.11. The molecule has 2 aromatic carbocycles. The number of hydrogen-bond donors (Lipinski definition) is 2. The largest absolute Gasteiger partial charge is 0.507 e. The lowest BCUT2D eigenvalue weighted by Crippen LogP contribution is -1.97. The number of benzene rings is 2. The summed E-state index contributed by atoms with van der Waals surface area (Å²) in [5.41, 5.74) is 8.23. The predicted octanol–water partition coefficient (Wildman–Crippen LogP) is 2.53. The van der Waals surface area contributed by atoms with E-state index in [2.05, 4.69) is 0 Å². The number of methoxy groups -OCH3 is 1. The highest BCUT2D eigenvalue weighted by Gasteiger charge is 2.09. The molecule has 3 N–H and O–H groups in total. The van der Waals surface area contributed by atoms with Crippen LogP contribution in [0.25, 0.3) is 11.1 Å². The van der Waals surface area contributed by atoms with Crippen LogP contribution in [0.15, 0.2) is 42.5 Å². The molecule has 0 aliphatic heterocycles. The average Bonchev–Trinajstić information content (AvgIpc) is 2.38. The minimum absolute atomic E-state index is 0.236. The van der Waals surface area contributed by atoms with Gasteiger partial charge in [0.2, 0.25) is 0 Å². The van der Waals surface area contributed by atoms with E-state index in [-0.39, 0.29) is 5.75 Å². The Bertz CT molecular complexity index is 523. The van der Waals surface area contributed by atoms with Gasteiger partial charge < -0.3 is 15.6 Å². The molecule has 0 atom stereocenters. The van der Waals surface area contributed by atoms with E-state index in [0.717, 1.165) is 22.4 Å². The highest BCUT2D eigenvalue weighted by atomic mass is 16.5. The van der Waals surface area contributed by atoms with E-state index < -0.39 is 0 Å². The molecule has 2 rings (SSSR count). The van der Waals surface area contributed by atoms with Gasteiger partial charge in [0.05, 0.1) is 7.11 Å². The Labute approximate surface area is 100 Å². The van der Waals surface area contributed by atoms with Crippen LogP contribution < -0.4 is 10.5 Å². The zero-order valence-electron chi connectivity index (χ0n) is 9.68. The van der Waals surface area contributed by atoms with Crippen molar-refractivity contribution in [3.05, 3.63) is 48.0 Å². The van der Waals surface area contributed by atoms with Crippen LogP contribution in [0.2, 0.25) is 0 Å². The quantitative estimate of drug-likeness (QED) is 0.850. The van der Waals surface area contributed by atoms with Gasteiger partial charge in [-0.25, -0.2) is 0 Å². The highest BCUT2D eigenvalue weighted by molar-refractivity contribution is 5.76. The molecule has 0 spiro atoms. The summed E-state index contributed by atoms with van der Waals surface area (Å²) in [6.07, 6.45) is 0. The van der Waals surface area contributed by atoms with Gasteiger partial charge in [-0.05, 0) is 23.8 Å². The third-order valence-corrected chi connectivity index (χ3v) is 2.69. The Balaban J connectivity index is 2.60. The normalized spacial score (nSPS) is 10.2. The van der Waals surface area contributed by atoms with Crippen LogP contribution in [0, 0.1) is 0 Å². The fourth-order valence-corrected chi connectivity index (χ4v) is 1.79. The van der Waals surface area contributed by atoms with Crippen molar-refractivity contribution in [2.24, 2.45) is 5.73 Å². The molecule has 88 valence electrons. The first-order valence-corrected chi connectivity index (χ1v) is 5.41. The number of aromatic hydroxyl groups is 1. The maximum Gasteiger partial charge on any atom is 0.126 e. The van der Waals surface area contributed by atoms with Crippen LogP contribution in [0.3, 0.4) is 0 Å². The van der Waals surface area contributed by atoms with Crippen molar-refractivity contribution in [3.8, 4) is 22.6 Å². The molecule has 0 fully saturated rings. The van der Waals surface area contributed by atoms with Crippen LogP contribution >= 0.6 is 0 Å². The van der Waals surface area contributed by atoms with Gasteiger partial charge >= 0.3 is 0 Å². The van der Waals surface area contributed by atoms with Gasteiger partial charge in [-0.2, -0.15) is 0 Å². The number of para-hydroxylation sites is 1. The molecule has 3 heteroatoms.